The summed E-state index contributed by atoms with van der Waals surface area (Å²) in [6.07, 6.45) is 11.0. The second-order valence-electron chi connectivity index (χ2n) is 13.2. The maximum Gasteiger partial charge on any atom is 0.407 e. The highest BCUT2D eigenvalue weighted by Crippen LogP contribution is 2.69. The third kappa shape index (κ3) is 5.12. The number of thiophene rings is 1. The maximum absolute atomic E-state index is 12.1. The van der Waals surface area contributed by atoms with Crippen LogP contribution in [0.3, 0.4) is 0 Å². The highest BCUT2D eigenvalue weighted by Gasteiger charge is 2.64. The van der Waals surface area contributed by atoms with E-state index in [1.807, 2.05) is 6.07 Å². The average Bonchev–Trinajstić information content (AvgIpc) is 3.51. The summed E-state index contributed by atoms with van der Waals surface area (Å²) in [5.41, 5.74) is 0.536. The summed E-state index contributed by atoms with van der Waals surface area (Å²) in [6.45, 7) is 8.36. The van der Waals surface area contributed by atoms with Crippen LogP contribution in [0.4, 0.5) is 4.79 Å². The van der Waals surface area contributed by atoms with Gasteiger partial charge in [0.05, 0.1) is 18.8 Å². The Hall–Kier alpha value is -1.11. The third-order valence-electron chi connectivity index (χ3n) is 11.7. The maximum atomic E-state index is 12.1. The molecule has 1 aromatic rings. The molecule has 10 atom stereocenters. The first-order chi connectivity index (χ1) is 17.8. The van der Waals surface area contributed by atoms with Gasteiger partial charge in [-0.1, -0.05) is 33.3 Å². The second-order valence-corrected chi connectivity index (χ2v) is 14.3. The van der Waals surface area contributed by atoms with Crippen LogP contribution in [0.1, 0.15) is 89.9 Å². The smallest absolute Gasteiger partial charge is 0.407 e. The Bertz CT molecular complexity index is 907. The van der Waals surface area contributed by atoms with Crippen molar-refractivity contribution in [2.75, 3.05) is 13.2 Å². The number of alkyl carbamates (subject to hydrolysis) is 1. The first-order valence-corrected chi connectivity index (χ1v) is 15.9. The van der Waals surface area contributed by atoms with Gasteiger partial charge in [0.2, 0.25) is 0 Å². The molecule has 0 aromatic carbocycles. The van der Waals surface area contributed by atoms with Crippen molar-refractivity contribution in [3.8, 4) is 0 Å². The number of ether oxygens (including phenoxy) is 1. The summed E-state index contributed by atoms with van der Waals surface area (Å²) in [5.74, 6) is 2.99. The predicted octanol–water partition coefficient (Wildman–Crippen LogP) is 6.42. The van der Waals surface area contributed by atoms with Gasteiger partial charge in [-0.05, 0) is 122 Å². The molecule has 0 unspecified atom stereocenters. The second kappa shape index (κ2) is 11.2. The van der Waals surface area contributed by atoms with E-state index in [1.54, 1.807) is 11.3 Å². The Balaban J connectivity index is 1.16. The van der Waals surface area contributed by atoms with E-state index in [4.69, 9.17) is 4.74 Å². The predicted molar refractivity (Wildman–Crippen MR) is 148 cm³/mol. The van der Waals surface area contributed by atoms with Gasteiger partial charge in [0.25, 0.3) is 0 Å². The van der Waals surface area contributed by atoms with Gasteiger partial charge in [-0.2, -0.15) is 0 Å². The molecular formula is C31H49NO4S. The largest absolute Gasteiger partial charge is 0.450 e. The lowest BCUT2D eigenvalue weighted by molar-refractivity contribution is -0.202. The summed E-state index contributed by atoms with van der Waals surface area (Å²) in [5, 5.41) is 27.2. The summed E-state index contributed by atoms with van der Waals surface area (Å²) in [7, 11) is 0. The van der Waals surface area contributed by atoms with Gasteiger partial charge in [0.1, 0.15) is 0 Å². The van der Waals surface area contributed by atoms with Crippen LogP contribution >= 0.6 is 11.3 Å². The van der Waals surface area contributed by atoms with Gasteiger partial charge in [-0.3, -0.25) is 0 Å². The summed E-state index contributed by atoms with van der Waals surface area (Å²) in [4.78, 5) is 13.4. The normalized spacial score (nSPS) is 42.9. The number of aliphatic hydroxyl groups excluding tert-OH is 2. The zero-order valence-electron chi connectivity index (χ0n) is 23.2. The summed E-state index contributed by atoms with van der Waals surface area (Å²) >= 11 is 1.71. The Morgan fingerprint density at radius 3 is 2.65 bits per heavy atom. The van der Waals surface area contributed by atoms with E-state index in [2.05, 4.69) is 37.5 Å². The molecule has 0 spiro atoms. The molecule has 0 radical (unpaired) electrons. The molecule has 0 bridgehead atoms. The van der Waals surface area contributed by atoms with Crippen LogP contribution in [0.15, 0.2) is 17.5 Å². The fourth-order valence-corrected chi connectivity index (χ4v) is 10.5. The minimum Gasteiger partial charge on any atom is -0.450 e. The summed E-state index contributed by atoms with van der Waals surface area (Å²) in [6, 6.07) is 4.13. The SMILES string of the molecule is CC[C@H]1[C@@H](O)[C@@H]2[C@H](CC[C@]3(C)[C@@H](CCCOC(=O)NCCc4cccs4)CC[C@@H]23)[C@@]2(C)CC[C@@H](O)C[C@@H]12. The number of carbonyl (C=O) groups is 1. The van der Waals surface area contributed by atoms with Gasteiger partial charge in [0, 0.05) is 11.4 Å². The Morgan fingerprint density at radius 1 is 1.11 bits per heavy atom. The monoisotopic (exact) mass is 531 g/mol. The lowest BCUT2D eigenvalue weighted by Crippen LogP contribution is -2.62. The van der Waals surface area contributed by atoms with Gasteiger partial charge in [0.15, 0.2) is 0 Å². The Kier molecular flexibility index (Phi) is 8.29. The molecule has 37 heavy (non-hydrogen) atoms. The van der Waals surface area contributed by atoms with Gasteiger partial charge < -0.3 is 20.3 Å². The van der Waals surface area contributed by atoms with Crippen molar-refractivity contribution >= 4 is 17.4 Å². The number of carbonyl (C=O) groups excluding carboxylic acids is 1. The van der Waals surface area contributed by atoms with Crippen LogP contribution < -0.4 is 5.32 Å². The van der Waals surface area contributed by atoms with Crippen LogP contribution in [0.25, 0.3) is 0 Å². The molecule has 6 heteroatoms. The lowest BCUT2D eigenvalue weighted by atomic mass is 9.41. The number of hydrogen-bond donors (Lipinski definition) is 3. The van der Waals surface area contributed by atoms with Crippen LogP contribution in [0.2, 0.25) is 0 Å². The van der Waals surface area contributed by atoms with E-state index >= 15 is 0 Å². The van der Waals surface area contributed by atoms with Crippen molar-refractivity contribution in [1.82, 2.24) is 5.32 Å². The first kappa shape index (κ1) is 27.5. The minimum atomic E-state index is -0.302. The van der Waals surface area contributed by atoms with Crippen molar-refractivity contribution < 1.29 is 19.7 Å². The molecule has 0 saturated heterocycles. The van der Waals surface area contributed by atoms with Gasteiger partial charge in [-0.15, -0.1) is 11.3 Å². The quantitative estimate of drug-likeness (QED) is 0.338. The molecule has 1 aromatic heterocycles. The number of rotatable bonds is 8. The van der Waals surface area contributed by atoms with E-state index in [9.17, 15) is 15.0 Å². The van der Waals surface area contributed by atoms with Crippen LogP contribution in [0, 0.1) is 46.3 Å². The zero-order chi connectivity index (χ0) is 26.2. The van der Waals surface area contributed by atoms with Crippen LogP contribution in [-0.2, 0) is 11.2 Å². The number of nitrogens with one attached hydrogen (secondary N) is 1. The topological polar surface area (TPSA) is 78.8 Å². The highest BCUT2D eigenvalue weighted by molar-refractivity contribution is 7.09. The molecular weight excluding hydrogens is 482 g/mol. The Labute approximate surface area is 227 Å². The lowest BCUT2D eigenvalue weighted by Gasteiger charge is -2.64. The minimum absolute atomic E-state index is 0.189. The molecule has 1 heterocycles. The molecule has 4 saturated carbocycles. The van der Waals surface area contributed by atoms with Crippen molar-refractivity contribution in [3.63, 3.8) is 0 Å². The molecule has 4 aliphatic carbocycles. The molecule has 208 valence electrons. The van der Waals surface area contributed by atoms with E-state index in [0.29, 0.717) is 48.7 Å². The summed E-state index contributed by atoms with van der Waals surface area (Å²) < 4.78 is 5.50. The third-order valence-corrected chi connectivity index (χ3v) is 12.7. The standard InChI is InChI=1S/C31H49NO4S/c1-4-23-26-19-21(33)11-14-31(26,3)25-12-15-30(2)20(9-10-24(30)27(25)28(23)34)7-5-17-36-29(35)32-16-13-22-8-6-18-37-22/h6,8,18,20-21,23-28,33-34H,4-5,7,9-17,19H2,1-3H3,(H,32,35)/t20-,21+,23+,24-,25-,26-,27-,28+,30+,31+/m0/s1. The molecule has 0 aliphatic heterocycles. The van der Waals surface area contributed by atoms with Gasteiger partial charge >= 0.3 is 6.09 Å². The number of hydrogen-bond acceptors (Lipinski definition) is 5. The zero-order valence-corrected chi connectivity index (χ0v) is 24.0. The van der Waals surface area contributed by atoms with Crippen LogP contribution in [-0.4, -0.2) is 41.7 Å². The molecule has 4 aliphatic rings. The number of fused-ring (bicyclic) bond motifs is 5. The first-order valence-electron chi connectivity index (χ1n) is 15.1. The fourth-order valence-electron chi connectivity index (χ4n) is 9.83. The molecule has 5 nitrogen and oxygen atoms in total. The van der Waals surface area contributed by atoms with E-state index in [0.717, 1.165) is 44.9 Å². The van der Waals surface area contributed by atoms with E-state index in [1.165, 1.54) is 30.6 Å². The van der Waals surface area contributed by atoms with E-state index < -0.39 is 0 Å². The highest BCUT2D eigenvalue weighted by atomic mass is 32.1. The average molecular weight is 532 g/mol. The fraction of sp³-hybridized carbons (Fsp3) is 0.839. The Morgan fingerprint density at radius 2 is 1.89 bits per heavy atom. The van der Waals surface area contributed by atoms with Crippen molar-refractivity contribution in [2.45, 2.75) is 104 Å². The molecule has 3 N–H and O–H groups in total. The van der Waals surface area contributed by atoms with E-state index in [-0.39, 0.29) is 29.1 Å². The van der Waals surface area contributed by atoms with Gasteiger partial charge in [-0.25, -0.2) is 4.79 Å². The number of amides is 1. The van der Waals surface area contributed by atoms with Crippen molar-refractivity contribution in [2.24, 2.45) is 46.3 Å². The van der Waals surface area contributed by atoms with Crippen molar-refractivity contribution in [3.05, 3.63) is 22.4 Å². The van der Waals surface area contributed by atoms with Crippen molar-refractivity contribution in [1.29, 1.82) is 0 Å². The number of aliphatic hydroxyl groups is 2. The molecule has 4 fully saturated rings. The van der Waals surface area contributed by atoms with Crippen LogP contribution in [0.5, 0.6) is 0 Å². The molecule has 1 amide bonds. The molecule has 5 rings (SSSR count).